The third kappa shape index (κ3) is 2.00. The van der Waals surface area contributed by atoms with Gasteiger partial charge in [-0.15, -0.1) is 0 Å². The SMILES string of the molecule is CCCc1ccc(N)cc1CC. The molecule has 0 aliphatic carbocycles. The summed E-state index contributed by atoms with van der Waals surface area (Å²) in [5, 5.41) is 0. The Balaban J connectivity index is 2.94. The number of hydrogen-bond acceptors (Lipinski definition) is 1. The van der Waals surface area contributed by atoms with Crippen LogP contribution < -0.4 is 5.73 Å². The molecule has 66 valence electrons. The monoisotopic (exact) mass is 163 g/mol. The van der Waals surface area contributed by atoms with Crippen molar-refractivity contribution in [2.24, 2.45) is 0 Å². The summed E-state index contributed by atoms with van der Waals surface area (Å²) in [6.07, 6.45) is 3.46. The molecule has 0 aliphatic heterocycles. The topological polar surface area (TPSA) is 26.0 Å². The molecule has 0 spiro atoms. The average molecular weight is 163 g/mol. The first-order valence-corrected chi connectivity index (χ1v) is 4.65. The number of benzene rings is 1. The van der Waals surface area contributed by atoms with Crippen molar-refractivity contribution in [2.75, 3.05) is 5.73 Å². The van der Waals surface area contributed by atoms with E-state index in [2.05, 4.69) is 26.0 Å². The van der Waals surface area contributed by atoms with E-state index in [1.807, 2.05) is 6.07 Å². The minimum absolute atomic E-state index is 0.881. The maximum absolute atomic E-state index is 5.70. The highest BCUT2D eigenvalue weighted by atomic mass is 14.5. The van der Waals surface area contributed by atoms with Crippen molar-refractivity contribution in [3.8, 4) is 0 Å². The van der Waals surface area contributed by atoms with E-state index in [4.69, 9.17) is 5.73 Å². The van der Waals surface area contributed by atoms with Crippen LogP contribution in [0.15, 0.2) is 18.2 Å². The van der Waals surface area contributed by atoms with Crippen molar-refractivity contribution in [1.29, 1.82) is 0 Å². The van der Waals surface area contributed by atoms with Gasteiger partial charge in [0.25, 0.3) is 0 Å². The Bertz CT molecular complexity index is 253. The first-order valence-electron chi connectivity index (χ1n) is 4.65. The Morgan fingerprint density at radius 2 is 1.92 bits per heavy atom. The molecule has 0 heterocycles. The molecule has 1 nitrogen and oxygen atoms in total. The van der Waals surface area contributed by atoms with Crippen LogP contribution in [0.4, 0.5) is 5.69 Å². The van der Waals surface area contributed by atoms with Crippen molar-refractivity contribution < 1.29 is 0 Å². The van der Waals surface area contributed by atoms with Crippen LogP contribution in [0.3, 0.4) is 0 Å². The van der Waals surface area contributed by atoms with Gasteiger partial charge in [0.1, 0.15) is 0 Å². The van der Waals surface area contributed by atoms with Crippen molar-refractivity contribution >= 4 is 5.69 Å². The van der Waals surface area contributed by atoms with Crippen molar-refractivity contribution in [3.63, 3.8) is 0 Å². The van der Waals surface area contributed by atoms with Crippen LogP contribution in [0.1, 0.15) is 31.4 Å². The molecular weight excluding hydrogens is 146 g/mol. The molecular formula is C11H17N. The van der Waals surface area contributed by atoms with Gasteiger partial charge in [-0.3, -0.25) is 0 Å². The van der Waals surface area contributed by atoms with Gasteiger partial charge in [0.05, 0.1) is 0 Å². The number of nitrogen functional groups attached to an aromatic ring is 1. The zero-order chi connectivity index (χ0) is 8.97. The lowest BCUT2D eigenvalue weighted by Crippen LogP contribution is -1.94. The minimum Gasteiger partial charge on any atom is -0.399 e. The second kappa shape index (κ2) is 4.15. The highest BCUT2D eigenvalue weighted by Gasteiger charge is 1.99. The van der Waals surface area contributed by atoms with Crippen molar-refractivity contribution in [2.45, 2.75) is 33.1 Å². The van der Waals surface area contributed by atoms with E-state index in [1.165, 1.54) is 24.0 Å². The first-order chi connectivity index (χ1) is 5.77. The average Bonchev–Trinajstić information content (AvgIpc) is 2.08. The van der Waals surface area contributed by atoms with Gasteiger partial charge in [0.2, 0.25) is 0 Å². The summed E-state index contributed by atoms with van der Waals surface area (Å²) in [5.74, 6) is 0. The standard InChI is InChI=1S/C11H17N/c1-3-5-10-6-7-11(12)8-9(10)4-2/h6-8H,3-5,12H2,1-2H3. The lowest BCUT2D eigenvalue weighted by atomic mass is 10.0. The summed E-state index contributed by atoms with van der Waals surface area (Å²) in [5.41, 5.74) is 9.43. The zero-order valence-electron chi connectivity index (χ0n) is 7.93. The molecule has 0 aromatic heterocycles. The van der Waals surface area contributed by atoms with Gasteiger partial charge in [-0.2, -0.15) is 0 Å². The van der Waals surface area contributed by atoms with E-state index in [0.717, 1.165) is 12.1 Å². The summed E-state index contributed by atoms with van der Waals surface area (Å²) >= 11 is 0. The van der Waals surface area contributed by atoms with Crippen LogP contribution >= 0.6 is 0 Å². The lowest BCUT2D eigenvalue weighted by Gasteiger charge is -2.06. The first kappa shape index (κ1) is 9.11. The van der Waals surface area contributed by atoms with Crippen LogP contribution in [0.2, 0.25) is 0 Å². The maximum Gasteiger partial charge on any atom is 0.0316 e. The molecule has 0 bridgehead atoms. The predicted molar refractivity (Wildman–Crippen MR) is 54.2 cm³/mol. The molecule has 2 N–H and O–H groups in total. The van der Waals surface area contributed by atoms with Crippen molar-refractivity contribution in [1.82, 2.24) is 0 Å². The smallest absolute Gasteiger partial charge is 0.0316 e. The van der Waals surface area contributed by atoms with E-state index in [9.17, 15) is 0 Å². The Hall–Kier alpha value is -0.980. The van der Waals surface area contributed by atoms with Crippen LogP contribution in [0.5, 0.6) is 0 Å². The van der Waals surface area contributed by atoms with E-state index in [-0.39, 0.29) is 0 Å². The largest absolute Gasteiger partial charge is 0.399 e. The molecule has 0 aliphatic rings. The molecule has 0 fully saturated rings. The van der Waals surface area contributed by atoms with Gasteiger partial charge in [0.15, 0.2) is 0 Å². The number of nitrogens with two attached hydrogens (primary N) is 1. The molecule has 0 unspecified atom stereocenters. The van der Waals surface area contributed by atoms with Gasteiger partial charge < -0.3 is 5.73 Å². The molecule has 0 amide bonds. The lowest BCUT2D eigenvalue weighted by molar-refractivity contribution is 0.900. The molecule has 12 heavy (non-hydrogen) atoms. The predicted octanol–water partition coefficient (Wildman–Crippen LogP) is 2.78. The fourth-order valence-corrected chi connectivity index (χ4v) is 1.49. The van der Waals surface area contributed by atoms with Gasteiger partial charge >= 0.3 is 0 Å². The maximum atomic E-state index is 5.70. The third-order valence-electron chi connectivity index (χ3n) is 2.13. The van der Waals surface area contributed by atoms with E-state index in [1.54, 1.807) is 0 Å². The number of hydrogen-bond donors (Lipinski definition) is 1. The van der Waals surface area contributed by atoms with E-state index < -0.39 is 0 Å². The van der Waals surface area contributed by atoms with Crippen LogP contribution in [-0.4, -0.2) is 0 Å². The summed E-state index contributed by atoms with van der Waals surface area (Å²) in [6.45, 7) is 4.38. The summed E-state index contributed by atoms with van der Waals surface area (Å²) in [7, 11) is 0. The van der Waals surface area contributed by atoms with Gasteiger partial charge in [0, 0.05) is 5.69 Å². The fourth-order valence-electron chi connectivity index (χ4n) is 1.49. The molecule has 0 atom stereocenters. The molecule has 0 saturated carbocycles. The summed E-state index contributed by atoms with van der Waals surface area (Å²) < 4.78 is 0. The van der Waals surface area contributed by atoms with Crippen molar-refractivity contribution in [3.05, 3.63) is 29.3 Å². The quantitative estimate of drug-likeness (QED) is 0.681. The van der Waals surface area contributed by atoms with E-state index in [0.29, 0.717) is 0 Å². The van der Waals surface area contributed by atoms with Crippen LogP contribution in [0.25, 0.3) is 0 Å². The molecule has 1 aromatic carbocycles. The highest BCUT2D eigenvalue weighted by Crippen LogP contribution is 2.15. The summed E-state index contributed by atoms with van der Waals surface area (Å²) in [6, 6.07) is 6.23. The molecule has 0 saturated heterocycles. The second-order valence-corrected chi connectivity index (χ2v) is 3.13. The number of anilines is 1. The fraction of sp³-hybridized carbons (Fsp3) is 0.455. The van der Waals surface area contributed by atoms with Gasteiger partial charge in [-0.1, -0.05) is 26.3 Å². The molecule has 1 rings (SSSR count). The highest BCUT2D eigenvalue weighted by molar-refractivity contribution is 5.44. The normalized spacial score (nSPS) is 10.2. The van der Waals surface area contributed by atoms with Gasteiger partial charge in [-0.05, 0) is 36.1 Å². The van der Waals surface area contributed by atoms with Crippen LogP contribution in [-0.2, 0) is 12.8 Å². The Kier molecular flexibility index (Phi) is 3.15. The molecule has 1 heteroatoms. The summed E-state index contributed by atoms with van der Waals surface area (Å²) in [4.78, 5) is 0. The number of rotatable bonds is 3. The Morgan fingerprint density at radius 3 is 2.50 bits per heavy atom. The van der Waals surface area contributed by atoms with Gasteiger partial charge in [-0.25, -0.2) is 0 Å². The molecule has 1 aromatic rings. The number of aryl methyl sites for hydroxylation is 2. The van der Waals surface area contributed by atoms with E-state index >= 15 is 0 Å². The molecule has 0 radical (unpaired) electrons. The zero-order valence-corrected chi connectivity index (χ0v) is 7.93. The Morgan fingerprint density at radius 1 is 1.17 bits per heavy atom. The second-order valence-electron chi connectivity index (χ2n) is 3.13. The Labute approximate surface area is 74.6 Å². The van der Waals surface area contributed by atoms with Crippen LogP contribution in [0, 0.1) is 0 Å². The minimum atomic E-state index is 0.881. The third-order valence-corrected chi connectivity index (χ3v) is 2.13.